The molecular weight excluding hydrogens is 230 g/mol. The Hall–Kier alpha value is -1.55. The number of rotatable bonds is 7. The number of nitrogens with zero attached hydrogens (tertiary/aromatic N) is 1. The van der Waals surface area contributed by atoms with E-state index < -0.39 is 0 Å². The Morgan fingerprint density at radius 3 is 2.50 bits per heavy atom. The summed E-state index contributed by atoms with van der Waals surface area (Å²) < 4.78 is 5.07. The lowest BCUT2D eigenvalue weighted by molar-refractivity contribution is -0.130. The van der Waals surface area contributed by atoms with E-state index in [0.29, 0.717) is 25.9 Å². The average molecular weight is 251 g/mol. The molecule has 0 aliphatic carbocycles. The molecule has 0 aliphatic rings. The van der Waals surface area contributed by atoms with Crippen molar-refractivity contribution in [2.24, 2.45) is 0 Å². The first-order chi connectivity index (χ1) is 8.71. The molecule has 0 aliphatic heterocycles. The molecule has 1 N–H and O–H groups in total. The molecule has 0 unspecified atom stereocenters. The summed E-state index contributed by atoms with van der Waals surface area (Å²) >= 11 is 0. The van der Waals surface area contributed by atoms with Crippen molar-refractivity contribution >= 4 is 5.91 Å². The summed E-state index contributed by atoms with van der Waals surface area (Å²) in [5.41, 5.74) is 0.975. The van der Waals surface area contributed by atoms with E-state index in [4.69, 9.17) is 9.84 Å². The second-order valence-electron chi connectivity index (χ2n) is 4.08. The van der Waals surface area contributed by atoms with Crippen molar-refractivity contribution in [3.8, 4) is 5.75 Å². The predicted octanol–water partition coefficient (Wildman–Crippen LogP) is 1.47. The van der Waals surface area contributed by atoms with Crippen molar-refractivity contribution < 1.29 is 14.6 Å². The second kappa shape index (κ2) is 7.71. The number of likely N-dealkylation sites (N-methyl/N-ethyl adjacent to an activating group) is 1. The molecule has 18 heavy (non-hydrogen) atoms. The van der Waals surface area contributed by atoms with E-state index in [0.717, 1.165) is 11.3 Å². The highest BCUT2D eigenvalue weighted by Crippen LogP contribution is 2.12. The fourth-order valence-electron chi connectivity index (χ4n) is 1.75. The molecule has 100 valence electrons. The first kappa shape index (κ1) is 14.5. The van der Waals surface area contributed by atoms with E-state index in [1.54, 1.807) is 12.0 Å². The lowest BCUT2D eigenvalue weighted by Crippen LogP contribution is -2.33. The van der Waals surface area contributed by atoms with Gasteiger partial charge in [0.05, 0.1) is 13.5 Å². The van der Waals surface area contributed by atoms with E-state index >= 15 is 0 Å². The number of aliphatic hydroxyl groups excluding tert-OH is 1. The molecule has 0 atom stereocenters. The highest BCUT2D eigenvalue weighted by molar-refractivity contribution is 5.78. The molecular formula is C14H21NO3. The first-order valence-corrected chi connectivity index (χ1v) is 6.22. The Morgan fingerprint density at radius 2 is 2.00 bits per heavy atom. The Bertz CT molecular complexity index is 362. The number of ether oxygens (including phenoxy) is 1. The normalized spacial score (nSPS) is 10.2. The largest absolute Gasteiger partial charge is 0.497 e. The molecule has 0 radical (unpaired) electrons. The number of hydrogen-bond donors (Lipinski definition) is 1. The lowest BCUT2D eigenvalue weighted by atomic mass is 10.1. The predicted molar refractivity (Wildman–Crippen MR) is 70.7 cm³/mol. The summed E-state index contributed by atoms with van der Waals surface area (Å²) in [4.78, 5) is 13.8. The van der Waals surface area contributed by atoms with Gasteiger partial charge in [0.25, 0.3) is 0 Å². The van der Waals surface area contributed by atoms with E-state index in [2.05, 4.69) is 0 Å². The van der Waals surface area contributed by atoms with Crippen LogP contribution in [-0.2, 0) is 11.2 Å². The maximum atomic E-state index is 12.0. The van der Waals surface area contributed by atoms with Crippen molar-refractivity contribution in [3.05, 3.63) is 29.8 Å². The molecule has 0 saturated heterocycles. The summed E-state index contributed by atoms with van der Waals surface area (Å²) in [6.45, 7) is 3.35. The van der Waals surface area contributed by atoms with Gasteiger partial charge in [-0.3, -0.25) is 4.79 Å². The van der Waals surface area contributed by atoms with Crippen LogP contribution in [0.1, 0.15) is 18.9 Å². The second-order valence-corrected chi connectivity index (χ2v) is 4.08. The van der Waals surface area contributed by atoms with Crippen LogP contribution in [0, 0.1) is 0 Å². The van der Waals surface area contributed by atoms with E-state index in [1.165, 1.54) is 0 Å². The van der Waals surface area contributed by atoms with Gasteiger partial charge in [-0.25, -0.2) is 0 Å². The summed E-state index contributed by atoms with van der Waals surface area (Å²) in [6.07, 6.45) is 1.02. The van der Waals surface area contributed by atoms with Crippen LogP contribution >= 0.6 is 0 Å². The molecule has 1 aromatic carbocycles. The summed E-state index contributed by atoms with van der Waals surface area (Å²) in [7, 11) is 1.62. The van der Waals surface area contributed by atoms with E-state index in [-0.39, 0.29) is 12.5 Å². The zero-order valence-corrected chi connectivity index (χ0v) is 11.1. The van der Waals surface area contributed by atoms with Gasteiger partial charge in [0.2, 0.25) is 5.91 Å². The monoisotopic (exact) mass is 251 g/mol. The van der Waals surface area contributed by atoms with Gasteiger partial charge in [-0.05, 0) is 31.0 Å². The minimum atomic E-state index is 0.0936. The molecule has 0 fully saturated rings. The standard InChI is InChI=1S/C14H21NO3/c1-3-15(9-4-10-16)14(17)11-12-5-7-13(18-2)8-6-12/h5-8,16H,3-4,9-11H2,1-2H3. The number of carbonyl (C=O) groups excluding carboxylic acids is 1. The smallest absolute Gasteiger partial charge is 0.226 e. The molecule has 0 aromatic heterocycles. The maximum Gasteiger partial charge on any atom is 0.226 e. The Morgan fingerprint density at radius 1 is 1.33 bits per heavy atom. The van der Waals surface area contributed by atoms with Gasteiger partial charge in [0, 0.05) is 19.7 Å². The zero-order valence-electron chi connectivity index (χ0n) is 11.1. The zero-order chi connectivity index (χ0) is 13.4. The lowest BCUT2D eigenvalue weighted by Gasteiger charge is -2.20. The number of carbonyl (C=O) groups is 1. The molecule has 4 heteroatoms. The minimum absolute atomic E-state index is 0.0936. The van der Waals surface area contributed by atoms with Gasteiger partial charge in [0.1, 0.15) is 5.75 Å². The number of aliphatic hydroxyl groups is 1. The Labute approximate surface area is 108 Å². The maximum absolute atomic E-state index is 12.0. The molecule has 0 bridgehead atoms. The van der Waals surface area contributed by atoms with Crippen LogP contribution < -0.4 is 4.74 Å². The minimum Gasteiger partial charge on any atom is -0.497 e. The molecule has 4 nitrogen and oxygen atoms in total. The van der Waals surface area contributed by atoms with E-state index in [1.807, 2.05) is 31.2 Å². The highest BCUT2D eigenvalue weighted by Gasteiger charge is 2.11. The summed E-state index contributed by atoms with van der Waals surface area (Å²) in [5, 5.41) is 8.79. The van der Waals surface area contributed by atoms with Crippen LogP contribution in [0.15, 0.2) is 24.3 Å². The van der Waals surface area contributed by atoms with Crippen molar-refractivity contribution in [1.82, 2.24) is 4.90 Å². The van der Waals surface area contributed by atoms with Gasteiger partial charge in [-0.15, -0.1) is 0 Å². The molecule has 1 rings (SSSR count). The van der Waals surface area contributed by atoms with Crippen molar-refractivity contribution in [1.29, 1.82) is 0 Å². The van der Waals surface area contributed by atoms with Crippen LogP contribution in [0.3, 0.4) is 0 Å². The van der Waals surface area contributed by atoms with Crippen LogP contribution in [0.4, 0.5) is 0 Å². The van der Waals surface area contributed by atoms with Gasteiger partial charge < -0.3 is 14.7 Å². The fraction of sp³-hybridized carbons (Fsp3) is 0.500. The number of hydrogen-bond acceptors (Lipinski definition) is 3. The number of benzene rings is 1. The van der Waals surface area contributed by atoms with Gasteiger partial charge in [0.15, 0.2) is 0 Å². The summed E-state index contributed by atoms with van der Waals surface area (Å²) in [6, 6.07) is 7.51. The van der Waals surface area contributed by atoms with Crippen LogP contribution in [-0.4, -0.2) is 42.7 Å². The van der Waals surface area contributed by atoms with Crippen molar-refractivity contribution in [2.75, 3.05) is 26.8 Å². The third-order valence-electron chi connectivity index (χ3n) is 2.83. The third-order valence-corrected chi connectivity index (χ3v) is 2.83. The van der Waals surface area contributed by atoms with Crippen molar-refractivity contribution in [3.63, 3.8) is 0 Å². The first-order valence-electron chi connectivity index (χ1n) is 6.22. The SMILES string of the molecule is CCN(CCCO)C(=O)Cc1ccc(OC)cc1. The average Bonchev–Trinajstić information content (AvgIpc) is 2.40. The summed E-state index contributed by atoms with van der Waals surface area (Å²) in [5.74, 6) is 0.884. The fourth-order valence-corrected chi connectivity index (χ4v) is 1.75. The van der Waals surface area contributed by atoms with Crippen LogP contribution in [0.5, 0.6) is 5.75 Å². The third kappa shape index (κ3) is 4.37. The molecule has 0 spiro atoms. The molecule has 0 saturated carbocycles. The van der Waals surface area contributed by atoms with Crippen LogP contribution in [0.25, 0.3) is 0 Å². The Kier molecular flexibility index (Phi) is 6.22. The number of methoxy groups -OCH3 is 1. The Balaban J connectivity index is 2.55. The van der Waals surface area contributed by atoms with E-state index in [9.17, 15) is 4.79 Å². The molecule has 1 amide bonds. The van der Waals surface area contributed by atoms with Gasteiger partial charge in [-0.2, -0.15) is 0 Å². The van der Waals surface area contributed by atoms with Gasteiger partial charge in [-0.1, -0.05) is 12.1 Å². The molecule has 0 heterocycles. The highest BCUT2D eigenvalue weighted by atomic mass is 16.5. The van der Waals surface area contributed by atoms with Gasteiger partial charge >= 0.3 is 0 Å². The quantitative estimate of drug-likeness (QED) is 0.798. The number of amides is 1. The topological polar surface area (TPSA) is 49.8 Å². The van der Waals surface area contributed by atoms with Crippen LogP contribution in [0.2, 0.25) is 0 Å². The molecule has 1 aromatic rings. The van der Waals surface area contributed by atoms with Crippen molar-refractivity contribution in [2.45, 2.75) is 19.8 Å².